The van der Waals surface area contributed by atoms with E-state index in [9.17, 15) is 4.79 Å². The molecule has 188 valence electrons. The highest BCUT2D eigenvalue weighted by Crippen LogP contribution is 2.30. The van der Waals surface area contributed by atoms with Crippen LogP contribution in [0.4, 0.5) is 11.5 Å². The molecule has 0 aliphatic carbocycles. The zero-order valence-electron chi connectivity index (χ0n) is 21.1. The van der Waals surface area contributed by atoms with E-state index in [1.54, 1.807) is 12.3 Å². The number of carbonyl (C=O) groups is 1. The van der Waals surface area contributed by atoms with Gasteiger partial charge in [0.15, 0.2) is 24.0 Å². The van der Waals surface area contributed by atoms with Crippen molar-refractivity contribution in [2.45, 2.75) is 26.4 Å². The number of likely N-dealkylation sites (N-methyl/N-ethyl adjacent to an activating group) is 1. The van der Waals surface area contributed by atoms with Crippen molar-refractivity contribution in [2.24, 2.45) is 4.99 Å². The van der Waals surface area contributed by atoms with Gasteiger partial charge in [-0.3, -0.25) is 9.79 Å². The average Bonchev–Trinajstić information content (AvgIpc) is 3.31. The number of ether oxygens (including phenoxy) is 2. The molecule has 2 aromatic carbocycles. The van der Waals surface area contributed by atoms with Crippen molar-refractivity contribution < 1.29 is 14.3 Å². The van der Waals surface area contributed by atoms with Gasteiger partial charge in [0.2, 0.25) is 0 Å². The maximum Gasteiger partial charge on any atom is 0.258 e. The van der Waals surface area contributed by atoms with Crippen molar-refractivity contribution in [3.8, 4) is 22.9 Å². The molecule has 0 saturated carbocycles. The van der Waals surface area contributed by atoms with Crippen molar-refractivity contribution >= 4 is 23.6 Å². The molecule has 0 saturated heterocycles. The van der Waals surface area contributed by atoms with Crippen LogP contribution >= 0.6 is 0 Å². The lowest BCUT2D eigenvalue weighted by Crippen LogP contribution is -2.34. The number of rotatable bonds is 11. The van der Waals surface area contributed by atoms with E-state index in [2.05, 4.69) is 31.6 Å². The molecule has 2 heterocycles. The number of anilines is 2. The van der Waals surface area contributed by atoms with Crippen LogP contribution in [0.3, 0.4) is 0 Å². The molecule has 4 rings (SSSR count). The zero-order chi connectivity index (χ0) is 25.5. The predicted molar refractivity (Wildman–Crippen MR) is 141 cm³/mol. The fourth-order valence-corrected chi connectivity index (χ4v) is 3.60. The molecule has 1 aliphatic heterocycles. The summed E-state index contributed by atoms with van der Waals surface area (Å²) in [7, 11) is 3.99. The minimum absolute atomic E-state index is 0.0585. The molecule has 1 aliphatic rings. The van der Waals surface area contributed by atoms with Gasteiger partial charge < -0.3 is 25.0 Å². The predicted octanol–water partition coefficient (Wildman–Crippen LogP) is 3.66. The van der Waals surface area contributed by atoms with Gasteiger partial charge in [0, 0.05) is 30.1 Å². The number of hydrogen-bond acceptors (Lipinski definition) is 8. The lowest BCUT2D eigenvalue weighted by molar-refractivity contribution is -0.123. The van der Waals surface area contributed by atoms with Gasteiger partial charge in [-0.25, -0.2) is 9.97 Å². The summed E-state index contributed by atoms with van der Waals surface area (Å²) in [5.74, 6) is 2.03. The number of amides is 1. The normalized spacial score (nSPS) is 12.1. The van der Waals surface area contributed by atoms with E-state index in [0.29, 0.717) is 36.3 Å². The first-order chi connectivity index (χ1) is 17.4. The molecular weight excluding hydrogens is 456 g/mol. The summed E-state index contributed by atoms with van der Waals surface area (Å²) in [5.41, 5.74) is 3.94. The standard InChI is InChI=1S/C27H32N6O3/c1-18(2)30-25(34)17-36-23-7-5-6-19(13-23)26-29-16-24(35-11-10-33(3)4)27(32-26)31-22-9-8-20-14-28-15-21(20)12-22/h5-9,12-13,15-16,18H,10-11,14,17H2,1-4H3,(H,30,34)(H,29,31,32). The maximum absolute atomic E-state index is 11.9. The van der Waals surface area contributed by atoms with Crippen LogP contribution in [0.15, 0.2) is 53.7 Å². The molecule has 0 unspecified atom stereocenters. The number of hydrogen-bond donors (Lipinski definition) is 2. The largest absolute Gasteiger partial charge is 0.487 e. The SMILES string of the molecule is CC(C)NC(=O)COc1cccc(-c2ncc(OCCN(C)C)c(Nc3ccc4c(c3)C=NC4)n2)c1. The third-order valence-electron chi connectivity index (χ3n) is 5.36. The van der Waals surface area contributed by atoms with Crippen molar-refractivity contribution in [1.82, 2.24) is 20.2 Å². The van der Waals surface area contributed by atoms with Gasteiger partial charge in [0.25, 0.3) is 5.91 Å². The first kappa shape index (κ1) is 25.1. The Labute approximate surface area is 211 Å². The molecule has 1 amide bonds. The minimum atomic E-state index is -0.170. The van der Waals surface area contributed by atoms with E-state index in [1.807, 2.05) is 64.5 Å². The van der Waals surface area contributed by atoms with Gasteiger partial charge in [0.1, 0.15) is 12.4 Å². The Morgan fingerprint density at radius 2 is 2.00 bits per heavy atom. The van der Waals surface area contributed by atoms with E-state index in [1.165, 1.54) is 5.56 Å². The molecule has 9 nitrogen and oxygen atoms in total. The Hall–Kier alpha value is -3.98. The Morgan fingerprint density at radius 3 is 2.81 bits per heavy atom. The van der Waals surface area contributed by atoms with Crippen molar-refractivity contribution in [1.29, 1.82) is 0 Å². The van der Waals surface area contributed by atoms with E-state index in [-0.39, 0.29) is 18.6 Å². The first-order valence-electron chi connectivity index (χ1n) is 11.9. The van der Waals surface area contributed by atoms with Crippen LogP contribution < -0.4 is 20.1 Å². The Morgan fingerprint density at radius 1 is 1.14 bits per heavy atom. The van der Waals surface area contributed by atoms with Crippen molar-refractivity contribution in [3.63, 3.8) is 0 Å². The van der Waals surface area contributed by atoms with Crippen LogP contribution in [0.5, 0.6) is 11.5 Å². The van der Waals surface area contributed by atoms with Crippen LogP contribution in [-0.2, 0) is 11.3 Å². The van der Waals surface area contributed by atoms with Gasteiger partial charge in [-0.1, -0.05) is 18.2 Å². The van der Waals surface area contributed by atoms with Crippen molar-refractivity contribution in [2.75, 3.05) is 39.2 Å². The summed E-state index contributed by atoms with van der Waals surface area (Å²) in [6.45, 7) is 5.74. The van der Waals surface area contributed by atoms with E-state index in [4.69, 9.17) is 14.5 Å². The number of benzene rings is 2. The highest BCUT2D eigenvalue weighted by Gasteiger charge is 2.14. The summed E-state index contributed by atoms with van der Waals surface area (Å²) in [4.78, 5) is 27.6. The lowest BCUT2D eigenvalue weighted by atomic mass is 10.1. The van der Waals surface area contributed by atoms with Crippen LogP contribution in [0.2, 0.25) is 0 Å². The van der Waals surface area contributed by atoms with Gasteiger partial charge in [-0.2, -0.15) is 0 Å². The highest BCUT2D eigenvalue weighted by atomic mass is 16.5. The second kappa shape index (κ2) is 11.6. The van der Waals surface area contributed by atoms with Crippen LogP contribution in [0.1, 0.15) is 25.0 Å². The van der Waals surface area contributed by atoms with Crippen LogP contribution in [-0.4, -0.2) is 66.9 Å². The van der Waals surface area contributed by atoms with Gasteiger partial charge in [0.05, 0.1) is 12.7 Å². The number of carbonyl (C=O) groups excluding carboxylic acids is 1. The molecule has 0 atom stereocenters. The topological polar surface area (TPSA) is 101 Å². The van der Waals surface area contributed by atoms with Gasteiger partial charge in [-0.05, 0) is 63.3 Å². The third-order valence-corrected chi connectivity index (χ3v) is 5.36. The number of aliphatic imine (C=N–C) groups is 1. The summed E-state index contributed by atoms with van der Waals surface area (Å²) >= 11 is 0. The third kappa shape index (κ3) is 6.79. The molecule has 0 spiro atoms. The number of fused-ring (bicyclic) bond motifs is 1. The Bertz CT molecular complexity index is 1240. The quantitative estimate of drug-likeness (QED) is 0.425. The number of nitrogens with zero attached hydrogens (tertiary/aromatic N) is 4. The zero-order valence-corrected chi connectivity index (χ0v) is 21.1. The highest BCUT2D eigenvalue weighted by molar-refractivity contribution is 5.86. The average molecular weight is 489 g/mol. The Balaban J connectivity index is 1.56. The summed E-state index contributed by atoms with van der Waals surface area (Å²) in [6, 6.07) is 13.6. The molecule has 36 heavy (non-hydrogen) atoms. The van der Waals surface area contributed by atoms with Gasteiger partial charge in [-0.15, -0.1) is 0 Å². The lowest BCUT2D eigenvalue weighted by Gasteiger charge is -2.16. The minimum Gasteiger partial charge on any atom is -0.487 e. The van der Waals surface area contributed by atoms with E-state index in [0.717, 1.165) is 23.4 Å². The monoisotopic (exact) mass is 488 g/mol. The molecule has 1 aromatic heterocycles. The fourth-order valence-electron chi connectivity index (χ4n) is 3.60. The van der Waals surface area contributed by atoms with E-state index < -0.39 is 0 Å². The molecule has 0 bridgehead atoms. The number of nitrogens with one attached hydrogen (secondary N) is 2. The molecule has 0 fully saturated rings. The van der Waals surface area contributed by atoms with Crippen molar-refractivity contribution in [3.05, 3.63) is 59.8 Å². The summed E-state index contributed by atoms with van der Waals surface area (Å²) in [5, 5.41) is 6.20. The molecule has 3 aromatic rings. The van der Waals surface area contributed by atoms with Crippen LogP contribution in [0.25, 0.3) is 11.4 Å². The Kier molecular flexibility index (Phi) is 8.12. The smallest absolute Gasteiger partial charge is 0.258 e. The molecule has 2 N–H and O–H groups in total. The molecule has 0 radical (unpaired) electrons. The number of aromatic nitrogens is 2. The first-order valence-corrected chi connectivity index (χ1v) is 11.9. The fraction of sp³-hybridized carbons (Fsp3) is 0.333. The van der Waals surface area contributed by atoms with Gasteiger partial charge >= 0.3 is 0 Å². The summed E-state index contributed by atoms with van der Waals surface area (Å²) < 4.78 is 11.7. The maximum atomic E-state index is 11.9. The summed E-state index contributed by atoms with van der Waals surface area (Å²) in [6.07, 6.45) is 3.56. The second-order valence-electron chi connectivity index (χ2n) is 9.11. The molecule has 9 heteroatoms. The van der Waals surface area contributed by atoms with Crippen LogP contribution in [0, 0.1) is 0 Å². The molecular formula is C27H32N6O3. The van der Waals surface area contributed by atoms with E-state index >= 15 is 0 Å². The second-order valence-corrected chi connectivity index (χ2v) is 9.11.